The number of fused-ring (bicyclic) bond motifs is 1. The van der Waals surface area contributed by atoms with Crippen molar-refractivity contribution in [2.75, 3.05) is 46.4 Å². The van der Waals surface area contributed by atoms with Gasteiger partial charge in [-0.1, -0.05) is 50.1 Å². The fourth-order valence-corrected chi connectivity index (χ4v) is 5.75. The highest BCUT2D eigenvalue weighted by molar-refractivity contribution is 5.33. The molecule has 1 saturated heterocycles. The third kappa shape index (κ3) is 6.99. The Bertz CT molecular complexity index is 858. The van der Waals surface area contributed by atoms with Crippen LogP contribution in [0.4, 0.5) is 0 Å². The summed E-state index contributed by atoms with van der Waals surface area (Å²) in [5.74, 6) is 2.00. The average Bonchev–Trinajstić information content (AvgIpc) is 2.87. The van der Waals surface area contributed by atoms with Crippen molar-refractivity contribution < 1.29 is 9.47 Å². The molecule has 2 aliphatic heterocycles. The Morgan fingerprint density at radius 2 is 1.71 bits per heavy atom. The molecule has 0 aliphatic carbocycles. The summed E-state index contributed by atoms with van der Waals surface area (Å²) in [5, 5.41) is 0. The van der Waals surface area contributed by atoms with Crippen molar-refractivity contribution in [2.45, 2.75) is 64.8 Å². The topological polar surface area (TPSA) is 24.9 Å². The lowest BCUT2D eigenvalue weighted by atomic mass is 9.73. The molecule has 0 aromatic heterocycles. The van der Waals surface area contributed by atoms with Crippen molar-refractivity contribution in [3.63, 3.8) is 0 Å². The molecule has 2 heterocycles. The molecule has 0 saturated carbocycles. The van der Waals surface area contributed by atoms with Gasteiger partial charge < -0.3 is 14.4 Å². The number of ether oxygens (including phenoxy) is 2. The summed E-state index contributed by atoms with van der Waals surface area (Å²) in [5.41, 5.74) is 3.14. The van der Waals surface area contributed by atoms with E-state index >= 15 is 0 Å². The molecule has 1 fully saturated rings. The third-order valence-electron chi connectivity index (χ3n) is 7.91. The minimum Gasteiger partial charge on any atom is -0.497 e. The fourth-order valence-electron chi connectivity index (χ4n) is 5.75. The van der Waals surface area contributed by atoms with Crippen LogP contribution in [0, 0.1) is 5.41 Å². The first-order chi connectivity index (χ1) is 16.7. The van der Waals surface area contributed by atoms with Gasteiger partial charge in [-0.3, -0.25) is 4.90 Å². The van der Waals surface area contributed by atoms with E-state index in [-0.39, 0.29) is 0 Å². The van der Waals surface area contributed by atoms with E-state index in [1.807, 2.05) is 0 Å². The van der Waals surface area contributed by atoms with Crippen LogP contribution in [0.1, 0.15) is 63.0 Å². The summed E-state index contributed by atoms with van der Waals surface area (Å²) in [6.07, 6.45) is 10.3. The standard InChI is InChI=1S/C30H44N2O2/c1-3-4-19-31-20-17-30(18-21-31)16-8-7-10-27-9-5-6-11-29(27)34-23-22-32(25-30)24-26-12-14-28(33-2)15-13-26/h5-6,9,11-15H,3-4,7-8,10,16-25H2,1-2H3. The van der Waals surface area contributed by atoms with Crippen LogP contribution in [0.15, 0.2) is 48.5 Å². The highest BCUT2D eigenvalue weighted by Gasteiger charge is 2.35. The molecule has 0 radical (unpaired) electrons. The molecule has 4 rings (SSSR count). The van der Waals surface area contributed by atoms with Crippen LogP contribution >= 0.6 is 0 Å². The van der Waals surface area contributed by atoms with Crippen LogP contribution in [0.25, 0.3) is 0 Å². The number of hydrogen-bond acceptors (Lipinski definition) is 4. The van der Waals surface area contributed by atoms with Gasteiger partial charge in [0.05, 0.1) is 7.11 Å². The lowest BCUT2D eigenvalue weighted by Crippen LogP contribution is -2.47. The second kappa shape index (κ2) is 12.6. The number of likely N-dealkylation sites (tertiary alicyclic amines) is 1. The molecule has 2 aliphatic rings. The number of benzene rings is 2. The summed E-state index contributed by atoms with van der Waals surface area (Å²) in [6.45, 7) is 9.93. The van der Waals surface area contributed by atoms with Crippen molar-refractivity contribution in [2.24, 2.45) is 5.41 Å². The van der Waals surface area contributed by atoms with Gasteiger partial charge in [-0.15, -0.1) is 0 Å². The monoisotopic (exact) mass is 464 g/mol. The molecule has 0 unspecified atom stereocenters. The van der Waals surface area contributed by atoms with Crippen LogP contribution in [0.3, 0.4) is 0 Å². The molecule has 34 heavy (non-hydrogen) atoms. The van der Waals surface area contributed by atoms with Gasteiger partial charge >= 0.3 is 0 Å². The second-order valence-corrected chi connectivity index (χ2v) is 10.4. The van der Waals surface area contributed by atoms with Gasteiger partial charge in [0.2, 0.25) is 0 Å². The average molecular weight is 465 g/mol. The highest BCUT2D eigenvalue weighted by atomic mass is 16.5. The Hall–Kier alpha value is -2.04. The van der Waals surface area contributed by atoms with Crippen molar-refractivity contribution in [3.05, 3.63) is 59.7 Å². The Labute approximate surface area is 207 Å². The van der Waals surface area contributed by atoms with E-state index in [9.17, 15) is 0 Å². The van der Waals surface area contributed by atoms with E-state index in [0.717, 1.165) is 37.6 Å². The molecule has 4 nitrogen and oxygen atoms in total. The van der Waals surface area contributed by atoms with Crippen LogP contribution in [-0.4, -0.2) is 56.2 Å². The molecule has 0 amide bonds. The van der Waals surface area contributed by atoms with E-state index in [1.54, 1.807) is 7.11 Å². The Balaban J connectivity index is 1.49. The largest absolute Gasteiger partial charge is 0.497 e. The molecule has 2 aromatic rings. The molecule has 0 atom stereocenters. The third-order valence-corrected chi connectivity index (χ3v) is 7.91. The summed E-state index contributed by atoms with van der Waals surface area (Å²) < 4.78 is 11.7. The molecule has 0 bridgehead atoms. The lowest BCUT2D eigenvalue weighted by Gasteiger charge is -2.45. The van der Waals surface area contributed by atoms with Gasteiger partial charge in [0.15, 0.2) is 0 Å². The number of methoxy groups -OCH3 is 1. The predicted octanol–water partition coefficient (Wildman–Crippen LogP) is 6.18. The normalized spacial score (nSPS) is 20.1. The Morgan fingerprint density at radius 3 is 2.47 bits per heavy atom. The number of unbranched alkanes of at least 4 members (excludes halogenated alkanes) is 1. The summed E-state index contributed by atoms with van der Waals surface area (Å²) >= 11 is 0. The predicted molar refractivity (Wildman–Crippen MR) is 141 cm³/mol. The van der Waals surface area contributed by atoms with Crippen molar-refractivity contribution >= 4 is 0 Å². The number of piperidine rings is 1. The smallest absolute Gasteiger partial charge is 0.122 e. The van der Waals surface area contributed by atoms with Crippen LogP contribution in [-0.2, 0) is 13.0 Å². The lowest BCUT2D eigenvalue weighted by molar-refractivity contribution is 0.0432. The highest BCUT2D eigenvalue weighted by Crippen LogP contribution is 2.38. The van der Waals surface area contributed by atoms with E-state index in [1.165, 1.54) is 82.3 Å². The fraction of sp³-hybridized carbons (Fsp3) is 0.600. The Morgan fingerprint density at radius 1 is 0.912 bits per heavy atom. The van der Waals surface area contributed by atoms with Gasteiger partial charge in [-0.05, 0) is 92.9 Å². The minimum absolute atomic E-state index is 0.425. The van der Waals surface area contributed by atoms with Gasteiger partial charge in [0.1, 0.15) is 18.1 Å². The number of hydrogen-bond donors (Lipinski definition) is 0. The maximum atomic E-state index is 6.33. The number of nitrogens with zero attached hydrogens (tertiary/aromatic N) is 2. The molecular formula is C30H44N2O2. The van der Waals surface area contributed by atoms with Crippen LogP contribution in [0.2, 0.25) is 0 Å². The molecular weight excluding hydrogens is 420 g/mol. The molecule has 186 valence electrons. The van der Waals surface area contributed by atoms with Crippen molar-refractivity contribution in [1.82, 2.24) is 9.80 Å². The van der Waals surface area contributed by atoms with Crippen LogP contribution in [0.5, 0.6) is 11.5 Å². The first-order valence-electron chi connectivity index (χ1n) is 13.5. The van der Waals surface area contributed by atoms with E-state index in [0.29, 0.717) is 5.41 Å². The zero-order chi connectivity index (χ0) is 23.6. The molecule has 2 aromatic carbocycles. The molecule has 4 heteroatoms. The number of aryl methyl sites for hydroxylation is 1. The van der Waals surface area contributed by atoms with Crippen molar-refractivity contribution in [1.29, 1.82) is 0 Å². The van der Waals surface area contributed by atoms with Crippen LogP contribution < -0.4 is 9.47 Å². The number of rotatable bonds is 6. The first-order valence-corrected chi connectivity index (χ1v) is 13.5. The van der Waals surface area contributed by atoms with E-state index in [2.05, 4.69) is 65.3 Å². The van der Waals surface area contributed by atoms with Gasteiger partial charge in [-0.2, -0.15) is 0 Å². The zero-order valence-corrected chi connectivity index (χ0v) is 21.4. The maximum Gasteiger partial charge on any atom is 0.122 e. The summed E-state index contributed by atoms with van der Waals surface area (Å²) in [7, 11) is 1.73. The second-order valence-electron chi connectivity index (χ2n) is 10.4. The summed E-state index contributed by atoms with van der Waals surface area (Å²) in [4.78, 5) is 5.37. The summed E-state index contributed by atoms with van der Waals surface area (Å²) in [6, 6.07) is 17.2. The maximum absolute atomic E-state index is 6.33. The quantitative estimate of drug-likeness (QED) is 0.509. The zero-order valence-electron chi connectivity index (χ0n) is 21.4. The van der Waals surface area contributed by atoms with Gasteiger partial charge in [0.25, 0.3) is 0 Å². The van der Waals surface area contributed by atoms with E-state index < -0.39 is 0 Å². The molecule has 1 spiro atoms. The van der Waals surface area contributed by atoms with Gasteiger partial charge in [0, 0.05) is 19.6 Å². The Kier molecular flexibility index (Phi) is 9.29. The minimum atomic E-state index is 0.425. The van der Waals surface area contributed by atoms with Crippen molar-refractivity contribution in [3.8, 4) is 11.5 Å². The van der Waals surface area contributed by atoms with E-state index in [4.69, 9.17) is 9.47 Å². The first kappa shape index (κ1) is 25.1. The number of para-hydroxylation sites is 1. The van der Waals surface area contributed by atoms with Gasteiger partial charge in [-0.25, -0.2) is 0 Å². The SMILES string of the molecule is CCCCN1CCC2(CCCCc3ccccc3OCCN(Cc3ccc(OC)cc3)C2)CC1. The molecule has 0 N–H and O–H groups in total.